The molecule has 32 heavy (non-hydrogen) atoms. The molecule has 0 bridgehead atoms. The molecule has 5 rings (SSSR count). The molecular formula is C23H22N4O3S2. The number of fused-ring (bicyclic) bond motifs is 2. The van der Waals surface area contributed by atoms with Gasteiger partial charge in [-0.2, -0.15) is 4.31 Å². The lowest BCUT2D eigenvalue weighted by molar-refractivity contribution is -0.120. The zero-order chi connectivity index (χ0) is 22.3. The number of nitrogens with one attached hydrogen (secondary N) is 1. The summed E-state index contributed by atoms with van der Waals surface area (Å²) in [6.45, 7) is 2.61. The van der Waals surface area contributed by atoms with Crippen molar-refractivity contribution >= 4 is 53.5 Å². The fourth-order valence-electron chi connectivity index (χ4n) is 4.07. The van der Waals surface area contributed by atoms with Gasteiger partial charge in [0.2, 0.25) is 15.9 Å². The maximum atomic E-state index is 13.3. The van der Waals surface area contributed by atoms with Crippen LogP contribution in [-0.2, 0) is 14.8 Å². The number of piperidine rings is 1. The van der Waals surface area contributed by atoms with Gasteiger partial charge >= 0.3 is 0 Å². The number of para-hydroxylation sites is 1. The molecule has 3 heterocycles. The summed E-state index contributed by atoms with van der Waals surface area (Å²) in [5.41, 5.74) is 2.48. The second-order valence-electron chi connectivity index (χ2n) is 7.99. The van der Waals surface area contributed by atoms with E-state index in [1.807, 2.05) is 37.3 Å². The van der Waals surface area contributed by atoms with Gasteiger partial charge in [-0.05, 0) is 49.6 Å². The third kappa shape index (κ3) is 3.87. The number of aryl methyl sites for hydroxylation is 1. The maximum absolute atomic E-state index is 13.3. The minimum atomic E-state index is -3.69. The molecule has 2 aromatic carbocycles. The molecule has 0 aliphatic carbocycles. The zero-order valence-electron chi connectivity index (χ0n) is 17.5. The Kier molecular flexibility index (Phi) is 5.40. The van der Waals surface area contributed by atoms with Crippen molar-refractivity contribution in [1.82, 2.24) is 14.3 Å². The lowest BCUT2D eigenvalue weighted by Gasteiger charge is -2.30. The zero-order valence-corrected chi connectivity index (χ0v) is 19.1. The number of thiazole rings is 1. The molecule has 1 amide bonds. The van der Waals surface area contributed by atoms with E-state index in [4.69, 9.17) is 0 Å². The van der Waals surface area contributed by atoms with Crippen LogP contribution in [-0.4, -0.2) is 41.7 Å². The molecular weight excluding hydrogens is 444 g/mol. The minimum absolute atomic E-state index is 0.107. The van der Waals surface area contributed by atoms with Gasteiger partial charge in [0, 0.05) is 30.6 Å². The summed E-state index contributed by atoms with van der Waals surface area (Å²) in [5.74, 6) is -0.356. The Labute approximate surface area is 190 Å². The second-order valence-corrected chi connectivity index (χ2v) is 10.9. The summed E-state index contributed by atoms with van der Waals surface area (Å²) in [4.78, 5) is 21.8. The van der Waals surface area contributed by atoms with Gasteiger partial charge in [0.1, 0.15) is 4.90 Å². The number of sulfonamides is 1. The molecule has 9 heteroatoms. The van der Waals surface area contributed by atoms with Crippen LogP contribution in [0, 0.1) is 12.8 Å². The molecule has 0 unspecified atom stereocenters. The first kappa shape index (κ1) is 21.0. The van der Waals surface area contributed by atoms with Crippen molar-refractivity contribution in [2.75, 3.05) is 18.4 Å². The smallest absolute Gasteiger partial charge is 0.245 e. The highest BCUT2D eigenvalue weighted by molar-refractivity contribution is 7.89. The van der Waals surface area contributed by atoms with E-state index in [0.29, 0.717) is 36.6 Å². The molecule has 1 aliphatic rings. The Morgan fingerprint density at radius 1 is 1.12 bits per heavy atom. The standard InChI is InChI=1S/C23H22N4O3S2/c1-15-7-8-18-19(14-15)31-23(25-18)26-22(28)17-9-12-27(13-10-17)32(29,30)20-6-2-4-16-5-3-11-24-21(16)20/h2-8,11,14,17H,9-10,12-13H2,1H3,(H,25,26,28). The van der Waals surface area contributed by atoms with Gasteiger partial charge in [-0.15, -0.1) is 0 Å². The number of carbonyl (C=O) groups excluding carboxylic acids is 1. The van der Waals surface area contributed by atoms with Crippen LogP contribution in [0.3, 0.4) is 0 Å². The monoisotopic (exact) mass is 466 g/mol. The van der Waals surface area contributed by atoms with Gasteiger partial charge in [-0.25, -0.2) is 13.4 Å². The topological polar surface area (TPSA) is 92.3 Å². The summed E-state index contributed by atoms with van der Waals surface area (Å²) in [5, 5.41) is 4.28. The molecule has 1 N–H and O–H groups in total. The van der Waals surface area contributed by atoms with Crippen LogP contribution in [0.5, 0.6) is 0 Å². The van der Waals surface area contributed by atoms with Gasteiger partial charge in [-0.1, -0.05) is 35.6 Å². The van der Waals surface area contributed by atoms with E-state index < -0.39 is 10.0 Å². The number of amides is 1. The molecule has 7 nitrogen and oxygen atoms in total. The minimum Gasteiger partial charge on any atom is -0.302 e. The summed E-state index contributed by atoms with van der Waals surface area (Å²) >= 11 is 1.45. The Bertz CT molecular complexity index is 1420. The molecule has 1 saturated heterocycles. The normalized spacial score (nSPS) is 15.9. The highest BCUT2D eigenvalue weighted by Gasteiger charge is 2.33. The Morgan fingerprint density at radius 2 is 1.91 bits per heavy atom. The van der Waals surface area contributed by atoms with E-state index in [1.54, 1.807) is 24.4 Å². The number of carbonyl (C=O) groups is 1. The molecule has 1 aliphatic heterocycles. The number of pyridine rings is 1. The van der Waals surface area contributed by atoms with Crippen LogP contribution in [0.25, 0.3) is 21.1 Å². The van der Waals surface area contributed by atoms with E-state index >= 15 is 0 Å². The van der Waals surface area contributed by atoms with E-state index in [0.717, 1.165) is 21.2 Å². The molecule has 164 valence electrons. The highest BCUT2D eigenvalue weighted by Crippen LogP contribution is 2.30. The summed E-state index contributed by atoms with van der Waals surface area (Å²) in [7, 11) is -3.69. The SMILES string of the molecule is Cc1ccc2nc(NC(=O)C3CCN(S(=O)(=O)c4cccc5cccnc45)CC3)sc2c1. The van der Waals surface area contributed by atoms with Gasteiger partial charge in [0.25, 0.3) is 0 Å². The van der Waals surface area contributed by atoms with E-state index in [9.17, 15) is 13.2 Å². The summed E-state index contributed by atoms with van der Waals surface area (Å²) < 4.78 is 29.0. The van der Waals surface area contributed by atoms with Crippen molar-refractivity contribution in [3.05, 3.63) is 60.3 Å². The molecule has 0 saturated carbocycles. The van der Waals surface area contributed by atoms with E-state index in [-0.39, 0.29) is 16.7 Å². The Morgan fingerprint density at radius 3 is 2.72 bits per heavy atom. The third-order valence-electron chi connectivity index (χ3n) is 5.81. The lowest BCUT2D eigenvalue weighted by Crippen LogP contribution is -2.41. The van der Waals surface area contributed by atoms with Gasteiger partial charge < -0.3 is 5.32 Å². The molecule has 4 aromatic rings. The van der Waals surface area contributed by atoms with Crippen LogP contribution in [0.4, 0.5) is 5.13 Å². The number of hydrogen-bond acceptors (Lipinski definition) is 6. The fourth-order valence-corrected chi connectivity index (χ4v) is 6.68. The summed E-state index contributed by atoms with van der Waals surface area (Å²) in [6, 6.07) is 14.8. The Balaban J connectivity index is 1.28. The van der Waals surface area contributed by atoms with Gasteiger partial charge in [-0.3, -0.25) is 9.78 Å². The van der Waals surface area contributed by atoms with Crippen molar-refractivity contribution in [3.63, 3.8) is 0 Å². The van der Waals surface area contributed by atoms with Crippen LogP contribution >= 0.6 is 11.3 Å². The molecule has 2 aromatic heterocycles. The average Bonchev–Trinajstić information content (AvgIpc) is 3.20. The summed E-state index contributed by atoms with van der Waals surface area (Å²) in [6.07, 6.45) is 2.53. The molecule has 1 fully saturated rings. The van der Waals surface area contributed by atoms with Crippen molar-refractivity contribution in [2.45, 2.75) is 24.7 Å². The molecule has 0 atom stereocenters. The van der Waals surface area contributed by atoms with Crippen molar-refractivity contribution in [3.8, 4) is 0 Å². The van der Waals surface area contributed by atoms with Gasteiger partial charge in [0.05, 0.1) is 15.7 Å². The van der Waals surface area contributed by atoms with Gasteiger partial charge in [0.15, 0.2) is 5.13 Å². The third-order valence-corrected chi connectivity index (χ3v) is 8.68. The first-order valence-electron chi connectivity index (χ1n) is 10.4. The van der Waals surface area contributed by atoms with Crippen LogP contribution in [0.1, 0.15) is 18.4 Å². The van der Waals surface area contributed by atoms with Crippen molar-refractivity contribution < 1.29 is 13.2 Å². The number of benzene rings is 2. The number of nitrogens with zero attached hydrogens (tertiary/aromatic N) is 3. The maximum Gasteiger partial charge on any atom is 0.245 e. The first-order chi connectivity index (χ1) is 15.4. The van der Waals surface area contributed by atoms with Crippen LogP contribution in [0.15, 0.2) is 59.6 Å². The largest absolute Gasteiger partial charge is 0.302 e. The highest BCUT2D eigenvalue weighted by atomic mass is 32.2. The number of rotatable bonds is 4. The van der Waals surface area contributed by atoms with Crippen LogP contribution < -0.4 is 5.32 Å². The fraction of sp³-hybridized carbons (Fsp3) is 0.261. The Hall–Kier alpha value is -2.88. The van der Waals surface area contributed by atoms with Crippen molar-refractivity contribution in [1.29, 1.82) is 0 Å². The van der Waals surface area contributed by atoms with E-state index in [1.165, 1.54) is 15.6 Å². The van der Waals surface area contributed by atoms with Crippen LogP contribution in [0.2, 0.25) is 0 Å². The quantitative estimate of drug-likeness (QED) is 0.487. The number of hydrogen-bond donors (Lipinski definition) is 1. The predicted octanol–water partition coefficient (Wildman–Crippen LogP) is 4.19. The van der Waals surface area contributed by atoms with E-state index in [2.05, 4.69) is 15.3 Å². The second kappa shape index (κ2) is 8.23. The number of anilines is 1. The number of aromatic nitrogens is 2. The van der Waals surface area contributed by atoms with Crippen molar-refractivity contribution in [2.24, 2.45) is 5.92 Å². The average molecular weight is 467 g/mol. The lowest BCUT2D eigenvalue weighted by atomic mass is 9.97. The molecule has 0 spiro atoms. The molecule has 0 radical (unpaired) electrons. The predicted molar refractivity (Wildman–Crippen MR) is 126 cm³/mol. The first-order valence-corrected chi connectivity index (χ1v) is 12.7.